The lowest BCUT2D eigenvalue weighted by Crippen LogP contribution is -2.06. The average Bonchev–Trinajstić information content (AvgIpc) is 2.49. The van der Waals surface area contributed by atoms with Crippen LogP contribution in [-0.2, 0) is 17.6 Å². The summed E-state index contributed by atoms with van der Waals surface area (Å²) in [5.41, 5.74) is 1.97. The van der Waals surface area contributed by atoms with Crippen molar-refractivity contribution in [2.45, 2.75) is 12.8 Å². The molecule has 3 rings (SSSR count). The molecular weight excluding hydrogens is 260 g/mol. The molecule has 0 saturated heterocycles. The van der Waals surface area contributed by atoms with Crippen LogP contribution in [-0.4, -0.2) is 10.9 Å². The third kappa shape index (κ3) is 3.29. The average molecular weight is 276 g/mol. The minimum Gasteiger partial charge on any atom is -0.508 e. The largest absolute Gasteiger partial charge is 0.508 e. The molecule has 0 heterocycles. The van der Waals surface area contributed by atoms with Gasteiger partial charge in [0.05, 0.1) is 0 Å². The van der Waals surface area contributed by atoms with Crippen LogP contribution < -0.4 is 0 Å². The number of phenolic OH excluding ortho intramolecular Hbond substituents is 1. The van der Waals surface area contributed by atoms with Gasteiger partial charge in [-0.3, -0.25) is 4.79 Å². The fourth-order valence-electron chi connectivity index (χ4n) is 2.48. The van der Waals surface area contributed by atoms with Crippen molar-refractivity contribution in [3.8, 4) is 5.75 Å². The molecule has 2 nitrogen and oxygen atoms in total. The number of hydrogen-bond acceptors (Lipinski definition) is 2. The highest BCUT2D eigenvalue weighted by Gasteiger charge is 2.06. The minimum atomic E-state index is 0.177. The van der Waals surface area contributed by atoms with Gasteiger partial charge in [0.1, 0.15) is 11.5 Å². The highest BCUT2D eigenvalue weighted by atomic mass is 16.3. The summed E-state index contributed by atoms with van der Waals surface area (Å²) in [5.74, 6) is 0.400. The summed E-state index contributed by atoms with van der Waals surface area (Å²) in [4.78, 5) is 12.1. The molecule has 0 radical (unpaired) electrons. The molecule has 0 fully saturated rings. The van der Waals surface area contributed by atoms with E-state index in [1.54, 1.807) is 24.3 Å². The summed E-state index contributed by atoms with van der Waals surface area (Å²) < 4.78 is 0. The predicted molar refractivity (Wildman–Crippen MR) is 84.5 cm³/mol. The van der Waals surface area contributed by atoms with E-state index in [-0.39, 0.29) is 11.5 Å². The van der Waals surface area contributed by atoms with Gasteiger partial charge in [0, 0.05) is 12.8 Å². The number of carbonyl (C=O) groups excluding carboxylic acids is 1. The van der Waals surface area contributed by atoms with Gasteiger partial charge in [0.15, 0.2) is 0 Å². The van der Waals surface area contributed by atoms with Crippen molar-refractivity contribution in [3.63, 3.8) is 0 Å². The number of aromatic hydroxyl groups is 1. The monoisotopic (exact) mass is 276 g/mol. The van der Waals surface area contributed by atoms with Crippen LogP contribution in [0.4, 0.5) is 0 Å². The zero-order valence-corrected chi connectivity index (χ0v) is 11.6. The van der Waals surface area contributed by atoms with Crippen LogP contribution >= 0.6 is 0 Å². The molecule has 0 atom stereocenters. The molecule has 0 amide bonds. The Balaban J connectivity index is 1.72. The fraction of sp³-hybridized carbons (Fsp3) is 0.105. The molecule has 0 aliphatic heterocycles. The smallest absolute Gasteiger partial charge is 0.141 e. The van der Waals surface area contributed by atoms with E-state index in [1.165, 1.54) is 5.39 Å². The predicted octanol–water partition coefficient (Wildman–Crippen LogP) is 3.90. The summed E-state index contributed by atoms with van der Waals surface area (Å²) in [6, 6.07) is 21.1. The van der Waals surface area contributed by atoms with Crippen LogP contribution in [0.15, 0.2) is 66.7 Å². The Labute approximate surface area is 123 Å². The third-order valence-corrected chi connectivity index (χ3v) is 3.55. The van der Waals surface area contributed by atoms with E-state index in [0.717, 1.165) is 16.5 Å². The first-order chi connectivity index (χ1) is 10.2. The van der Waals surface area contributed by atoms with Crippen molar-refractivity contribution in [1.82, 2.24) is 0 Å². The first-order valence-electron chi connectivity index (χ1n) is 6.98. The number of ketones is 1. The number of phenols is 1. The number of rotatable bonds is 4. The highest BCUT2D eigenvalue weighted by Crippen LogP contribution is 2.17. The van der Waals surface area contributed by atoms with Crippen molar-refractivity contribution < 1.29 is 9.90 Å². The van der Waals surface area contributed by atoms with Crippen LogP contribution in [0, 0.1) is 0 Å². The lowest BCUT2D eigenvalue weighted by molar-refractivity contribution is -0.117. The number of Topliss-reactive ketones (excluding diaryl/α,β-unsaturated/α-hetero) is 1. The maximum absolute atomic E-state index is 12.1. The summed E-state index contributed by atoms with van der Waals surface area (Å²) >= 11 is 0. The zero-order chi connectivity index (χ0) is 14.7. The lowest BCUT2D eigenvalue weighted by Gasteiger charge is -2.04. The molecule has 0 spiro atoms. The normalized spacial score (nSPS) is 10.7. The van der Waals surface area contributed by atoms with Gasteiger partial charge in [0.2, 0.25) is 0 Å². The topological polar surface area (TPSA) is 37.3 Å². The second-order valence-electron chi connectivity index (χ2n) is 5.24. The Morgan fingerprint density at radius 3 is 2.14 bits per heavy atom. The minimum absolute atomic E-state index is 0.177. The molecular formula is C19H16O2. The second-order valence-corrected chi connectivity index (χ2v) is 5.24. The van der Waals surface area contributed by atoms with Crippen LogP contribution in [0.5, 0.6) is 5.75 Å². The van der Waals surface area contributed by atoms with Crippen molar-refractivity contribution in [3.05, 3.63) is 77.9 Å². The molecule has 21 heavy (non-hydrogen) atoms. The van der Waals surface area contributed by atoms with Crippen molar-refractivity contribution >= 4 is 16.6 Å². The van der Waals surface area contributed by atoms with Gasteiger partial charge < -0.3 is 5.11 Å². The second kappa shape index (κ2) is 5.80. The van der Waals surface area contributed by atoms with Gasteiger partial charge in [-0.15, -0.1) is 0 Å². The van der Waals surface area contributed by atoms with Crippen molar-refractivity contribution in [2.75, 3.05) is 0 Å². The van der Waals surface area contributed by atoms with E-state index < -0.39 is 0 Å². The molecule has 104 valence electrons. The number of hydrogen-bond donors (Lipinski definition) is 1. The lowest BCUT2D eigenvalue weighted by atomic mass is 10.0. The highest BCUT2D eigenvalue weighted by molar-refractivity contribution is 5.87. The quantitative estimate of drug-likeness (QED) is 0.784. The molecule has 3 aromatic carbocycles. The molecule has 2 heteroatoms. The van der Waals surface area contributed by atoms with Crippen LogP contribution in [0.1, 0.15) is 11.1 Å². The first kappa shape index (κ1) is 13.4. The Hall–Kier alpha value is -2.61. The van der Waals surface area contributed by atoms with Gasteiger partial charge in [0.25, 0.3) is 0 Å². The van der Waals surface area contributed by atoms with Gasteiger partial charge in [-0.2, -0.15) is 0 Å². The van der Waals surface area contributed by atoms with Crippen molar-refractivity contribution in [1.29, 1.82) is 0 Å². The molecule has 1 N–H and O–H groups in total. The van der Waals surface area contributed by atoms with E-state index in [1.807, 2.05) is 18.2 Å². The van der Waals surface area contributed by atoms with Crippen LogP contribution in [0.2, 0.25) is 0 Å². The first-order valence-corrected chi connectivity index (χ1v) is 6.98. The summed E-state index contributed by atoms with van der Waals surface area (Å²) in [5, 5.41) is 11.6. The maximum atomic E-state index is 12.1. The molecule has 0 aromatic heterocycles. The Morgan fingerprint density at radius 1 is 0.762 bits per heavy atom. The molecule has 3 aromatic rings. The molecule has 0 aliphatic rings. The third-order valence-electron chi connectivity index (χ3n) is 3.55. The van der Waals surface area contributed by atoms with Gasteiger partial charge in [-0.25, -0.2) is 0 Å². The zero-order valence-electron chi connectivity index (χ0n) is 11.6. The number of carbonyl (C=O) groups is 1. The summed E-state index contributed by atoms with van der Waals surface area (Å²) in [6.45, 7) is 0. The van der Waals surface area contributed by atoms with Gasteiger partial charge >= 0.3 is 0 Å². The molecule has 0 unspecified atom stereocenters. The number of benzene rings is 3. The molecule has 0 aliphatic carbocycles. The molecule has 0 saturated carbocycles. The van der Waals surface area contributed by atoms with Gasteiger partial charge in [-0.1, -0.05) is 54.6 Å². The van der Waals surface area contributed by atoms with E-state index >= 15 is 0 Å². The van der Waals surface area contributed by atoms with E-state index in [4.69, 9.17) is 0 Å². The Morgan fingerprint density at radius 2 is 1.38 bits per heavy atom. The van der Waals surface area contributed by atoms with E-state index in [0.29, 0.717) is 12.8 Å². The standard InChI is InChI=1S/C19H16O2/c20-18-9-6-14(7-10-18)12-19(21)13-15-5-8-16-3-1-2-4-17(16)11-15/h1-11,20H,12-13H2. The van der Waals surface area contributed by atoms with Gasteiger partial charge in [-0.05, 0) is 34.0 Å². The SMILES string of the molecule is O=C(Cc1ccc(O)cc1)Cc1ccc2ccccc2c1. The van der Waals surface area contributed by atoms with E-state index in [9.17, 15) is 9.90 Å². The van der Waals surface area contributed by atoms with Crippen molar-refractivity contribution in [2.24, 2.45) is 0 Å². The Bertz CT molecular complexity index is 773. The van der Waals surface area contributed by atoms with Crippen LogP contribution in [0.25, 0.3) is 10.8 Å². The summed E-state index contributed by atoms with van der Waals surface area (Å²) in [7, 11) is 0. The maximum Gasteiger partial charge on any atom is 0.141 e. The fourth-order valence-corrected chi connectivity index (χ4v) is 2.48. The Kier molecular flexibility index (Phi) is 3.69. The molecule has 0 bridgehead atoms. The van der Waals surface area contributed by atoms with Crippen LogP contribution in [0.3, 0.4) is 0 Å². The number of fused-ring (bicyclic) bond motifs is 1. The van der Waals surface area contributed by atoms with E-state index in [2.05, 4.69) is 24.3 Å². The summed E-state index contributed by atoms with van der Waals surface area (Å²) in [6.07, 6.45) is 0.832.